The fourth-order valence-corrected chi connectivity index (χ4v) is 13.8. The zero-order valence-corrected chi connectivity index (χ0v) is 61.2. The maximum Gasteiger partial charge on any atom is 0.217 e. The van der Waals surface area contributed by atoms with Gasteiger partial charge >= 0.3 is 0 Å². The first-order chi connectivity index (χ1) is 45.1. The highest BCUT2D eigenvalue weighted by molar-refractivity contribution is 8.32. The minimum absolute atomic E-state index is 0.0167. The minimum Gasteiger partial charge on any atom is -0.780 e. The van der Waals surface area contributed by atoms with Crippen LogP contribution in [0.15, 0.2) is 0 Å². The van der Waals surface area contributed by atoms with E-state index >= 15 is 0 Å². The summed E-state index contributed by atoms with van der Waals surface area (Å²) in [7, 11) is 1.21. The summed E-state index contributed by atoms with van der Waals surface area (Å²) in [5.41, 5.74) is -1.04. The second-order valence-electron chi connectivity index (χ2n) is 22.9. The van der Waals surface area contributed by atoms with E-state index in [-0.39, 0.29) is 125 Å². The summed E-state index contributed by atoms with van der Waals surface area (Å²) in [6.07, 6.45) is -8.61. The van der Waals surface area contributed by atoms with Gasteiger partial charge in [-0.15, -0.1) is 0 Å². The van der Waals surface area contributed by atoms with E-state index in [2.05, 4.69) is 5.32 Å². The topological polar surface area (TPSA) is 464 Å². The van der Waals surface area contributed by atoms with Crippen molar-refractivity contribution in [2.24, 2.45) is 17.3 Å². The number of hydrogen-bond acceptors (Lipinski definition) is 36. The lowest BCUT2D eigenvalue weighted by atomic mass is 9.92. The highest BCUT2D eigenvalue weighted by Crippen LogP contribution is 2.46. The molecule has 10 N–H and O–H groups in total. The van der Waals surface area contributed by atoms with E-state index < -0.39 is 150 Å². The fourth-order valence-electron chi connectivity index (χ4n) is 9.46. The highest BCUT2D eigenvalue weighted by Gasteiger charge is 2.46. The van der Waals surface area contributed by atoms with Crippen LogP contribution in [0.25, 0.3) is 0 Å². The largest absolute Gasteiger partial charge is 0.780 e. The van der Waals surface area contributed by atoms with E-state index in [1.165, 1.54) is 14.0 Å². The number of aliphatic hydroxyl groups is 9. The Morgan fingerprint density at radius 3 is 1.19 bits per heavy atom. The van der Waals surface area contributed by atoms with Gasteiger partial charge in [0.25, 0.3) is 0 Å². The summed E-state index contributed by atoms with van der Waals surface area (Å²) in [5.74, 6) is -1.64. The van der Waals surface area contributed by atoms with Gasteiger partial charge in [-0.05, 0) is 64.2 Å². The van der Waals surface area contributed by atoms with Gasteiger partial charge in [0, 0.05) is 65.5 Å². The SMILES string of the molecule is COP([O-])(=S)OCCCCCCOCC(COCCCOP(=O)([S-])OCCCCO[C@@H]1OC(CO)[C@H](O)[C@H](O)C1C)(COCCCOP([O-])(=S)OCCCCO[C@@H]1OC(CO)[C@H](O)[C@H](O)C1NC(C)=O)COCCOP([O-])(=S)OCCCCO[C@@H]1OC(CO)[C@H](O)[C@H](O)C1C. The molecule has 0 spiro atoms. The summed E-state index contributed by atoms with van der Waals surface area (Å²) in [5, 5.41) is 92.6. The molecule has 11 unspecified atom stereocenters. The predicted molar refractivity (Wildman–Crippen MR) is 345 cm³/mol. The van der Waals surface area contributed by atoms with Crippen molar-refractivity contribution in [2.45, 2.75) is 178 Å². The van der Waals surface area contributed by atoms with Crippen molar-refractivity contribution in [2.75, 3.05) is 146 Å². The van der Waals surface area contributed by atoms with Crippen LogP contribution >= 0.6 is 27.0 Å². The van der Waals surface area contributed by atoms with Crippen LogP contribution < -0.4 is 20.0 Å². The third kappa shape index (κ3) is 36.4. The number of ether oxygens (including phenoxy) is 10. The van der Waals surface area contributed by atoms with Crippen LogP contribution in [-0.2, 0) is 141 Å². The molecule has 0 aromatic heterocycles. The molecule has 3 rings (SSSR count). The molecule has 41 heteroatoms. The third-order valence-corrected chi connectivity index (χ3v) is 21.6. The Morgan fingerprint density at radius 2 is 0.768 bits per heavy atom. The molecule has 564 valence electrons. The van der Waals surface area contributed by atoms with E-state index in [0.717, 1.165) is 6.42 Å². The van der Waals surface area contributed by atoms with Crippen LogP contribution in [0.2, 0.25) is 0 Å². The van der Waals surface area contributed by atoms with E-state index in [9.17, 15) is 70.0 Å². The maximum atomic E-state index is 13.1. The molecule has 0 aromatic carbocycles. The summed E-state index contributed by atoms with van der Waals surface area (Å²) < 4.78 is 114. The second kappa shape index (κ2) is 48.8. The second-order valence-corrected chi connectivity index (χ2v) is 34.1. The molecular formula is C54H103NO32P4S4-4. The number of amides is 1. The number of unbranched alkanes of at least 4 members (excludes halogenated alkanes) is 6. The fraction of sp³-hybridized carbons (Fsp3) is 0.981. The van der Waals surface area contributed by atoms with Gasteiger partial charge in [0.2, 0.25) is 5.91 Å². The summed E-state index contributed by atoms with van der Waals surface area (Å²) in [4.78, 5) is 49.8. The van der Waals surface area contributed by atoms with Crippen LogP contribution in [0.4, 0.5) is 0 Å². The Morgan fingerprint density at radius 1 is 0.453 bits per heavy atom. The van der Waals surface area contributed by atoms with Gasteiger partial charge in [-0.25, -0.2) is 0 Å². The highest BCUT2D eigenvalue weighted by atomic mass is 32.7. The molecule has 0 bridgehead atoms. The van der Waals surface area contributed by atoms with E-state index in [1.807, 2.05) is 0 Å². The molecule has 0 radical (unpaired) electrons. The van der Waals surface area contributed by atoms with E-state index in [0.29, 0.717) is 64.4 Å². The monoisotopic (exact) mass is 1530 g/mol. The smallest absolute Gasteiger partial charge is 0.217 e. The predicted octanol–water partition coefficient (Wildman–Crippen LogP) is -0.964. The normalized spacial score (nSPS) is 29.8. The number of hydrogen-bond donors (Lipinski definition) is 10. The van der Waals surface area contributed by atoms with Gasteiger partial charge in [-0.1, -0.05) is 62.1 Å². The van der Waals surface area contributed by atoms with Gasteiger partial charge in [0.05, 0.1) is 117 Å². The quantitative estimate of drug-likeness (QED) is 0.0199. The number of carbonyl (C=O) groups excluding carboxylic acids is 1. The summed E-state index contributed by atoms with van der Waals surface area (Å²) in [6, 6.07) is -1.12. The number of aliphatic hydroxyl groups excluding tert-OH is 9. The van der Waals surface area contributed by atoms with Crippen molar-refractivity contribution in [3.05, 3.63) is 0 Å². The molecule has 0 aromatic rings. The first-order valence-corrected chi connectivity index (χ1v) is 41.9. The van der Waals surface area contributed by atoms with Crippen LogP contribution in [0.1, 0.15) is 97.8 Å². The van der Waals surface area contributed by atoms with Crippen LogP contribution in [0, 0.1) is 17.3 Å². The van der Waals surface area contributed by atoms with Crippen molar-refractivity contribution in [1.82, 2.24) is 5.32 Å². The molecule has 3 aliphatic rings. The zero-order chi connectivity index (χ0) is 70.5. The molecule has 20 atom stereocenters. The third-order valence-electron chi connectivity index (χ3n) is 15.0. The van der Waals surface area contributed by atoms with E-state index in [4.69, 9.17) is 131 Å². The van der Waals surface area contributed by atoms with Crippen molar-refractivity contribution in [1.29, 1.82) is 0 Å². The van der Waals surface area contributed by atoms with Gasteiger partial charge in [0.15, 0.2) is 25.7 Å². The molecule has 0 aliphatic carbocycles. The first kappa shape index (κ1) is 90.0. The van der Waals surface area contributed by atoms with Gasteiger partial charge in [-0.3, -0.25) is 9.36 Å². The molecule has 3 aliphatic heterocycles. The number of rotatable bonds is 56. The van der Waals surface area contributed by atoms with Crippen LogP contribution in [0.5, 0.6) is 0 Å². The molecule has 3 heterocycles. The zero-order valence-electron chi connectivity index (χ0n) is 54.3. The Labute approximate surface area is 577 Å². The van der Waals surface area contributed by atoms with Crippen molar-refractivity contribution >= 4 is 80.5 Å². The Kier molecular flexibility index (Phi) is 46.2. The average molecular weight is 1530 g/mol. The van der Waals surface area contributed by atoms with Gasteiger partial charge in [0.1, 0.15) is 68.9 Å². The lowest BCUT2D eigenvalue weighted by molar-refractivity contribution is -0.282. The Hall–Kier alpha value is 0.800. The molecule has 3 saturated heterocycles. The van der Waals surface area contributed by atoms with Crippen LogP contribution in [-0.4, -0.2) is 278 Å². The van der Waals surface area contributed by atoms with Crippen LogP contribution in [0.3, 0.4) is 0 Å². The molecule has 1 amide bonds. The van der Waals surface area contributed by atoms with Gasteiger partial charge in [-0.2, -0.15) is 0 Å². The number of carbonyl (C=O) groups is 1. The van der Waals surface area contributed by atoms with E-state index in [1.54, 1.807) is 13.8 Å². The summed E-state index contributed by atoms with van der Waals surface area (Å²) in [6.45, 7) is -12.4. The lowest BCUT2D eigenvalue weighted by Crippen LogP contribution is -2.64. The standard InChI is InChI=1S/C54H107NO32P4S4/c1-38-45(60)47(62)41(31-56)85-51(38)75-20-9-12-24-79-89(67,93)82-27-15-18-72-35-54(34-71-17-7-5-6-8-23-78-88(66,92)70-4,37-74-29-30-84-91(69,95)81-26-13-10-21-76-52-39(2)46(61)48(63)42(32-57)86-52)36-73-19-16-28-83-90(68,94)80-25-14-11-22-77-53-44(55-40(3)59)50(65)49(64)43(33-58)87-53/h38-39,41-53,56-58,60-65H,5-37H2,1-4H3,(H,55,59)(H,66,92)(H,67,93)(H,68,94)(H,69,95)/p-4/t38?,39?,41?,42?,43?,44?,45-,46-,47+,48+,49+,50-,51-,52-,53-,54?,88?,89?,90?,91?/m1/s1. The van der Waals surface area contributed by atoms with Crippen molar-refractivity contribution in [3.63, 3.8) is 0 Å². The number of nitrogens with one attached hydrogen (secondary N) is 1. The lowest BCUT2D eigenvalue weighted by Gasteiger charge is -2.42. The Balaban J connectivity index is 1.57. The van der Waals surface area contributed by atoms with Crippen molar-refractivity contribution in [3.8, 4) is 0 Å². The average Bonchev–Trinajstić information content (AvgIpc) is 0.860. The molecule has 0 saturated carbocycles. The molecule has 3 fully saturated rings. The molecule has 95 heavy (non-hydrogen) atoms. The first-order valence-electron chi connectivity index (χ1n) is 31.7. The Bertz CT molecular complexity index is 2260. The molecule has 33 nitrogen and oxygen atoms in total. The van der Waals surface area contributed by atoms with Gasteiger partial charge < -0.3 is 162 Å². The maximum absolute atomic E-state index is 13.1. The summed E-state index contributed by atoms with van der Waals surface area (Å²) >= 11 is 20.1. The molecular weight excluding hydrogens is 1430 g/mol. The van der Waals surface area contributed by atoms with Crippen molar-refractivity contribution < 1.29 is 154 Å². The minimum atomic E-state index is -3.99.